The van der Waals surface area contributed by atoms with Crippen molar-refractivity contribution in [2.24, 2.45) is 5.16 Å². The van der Waals surface area contributed by atoms with Gasteiger partial charge in [-0.15, -0.1) is 0 Å². The van der Waals surface area contributed by atoms with Crippen molar-refractivity contribution >= 4 is 6.21 Å². The van der Waals surface area contributed by atoms with Gasteiger partial charge in [-0.25, -0.2) is 0 Å². The summed E-state index contributed by atoms with van der Waals surface area (Å²) in [6.07, 6.45) is 1.38. The van der Waals surface area contributed by atoms with Gasteiger partial charge in [0, 0.05) is 6.21 Å². The molecule has 0 aliphatic heterocycles. The molecule has 0 heterocycles. The second kappa shape index (κ2) is 2.70. The highest BCUT2D eigenvalue weighted by Crippen LogP contribution is 2.05. The summed E-state index contributed by atoms with van der Waals surface area (Å²) in [6, 6.07) is 0. The van der Waals surface area contributed by atoms with Gasteiger partial charge in [0.1, 0.15) is 5.60 Å². The molecule has 2 heteroatoms. The van der Waals surface area contributed by atoms with Crippen molar-refractivity contribution in [2.45, 2.75) is 26.4 Å². The summed E-state index contributed by atoms with van der Waals surface area (Å²) in [7, 11) is 0. The fraction of sp³-hybridized carbons (Fsp3) is 0.667. The Morgan fingerprint density at radius 1 is 1.50 bits per heavy atom. The van der Waals surface area contributed by atoms with E-state index < -0.39 is 0 Å². The number of oxime groups is 1. The molecule has 0 amide bonds. The first-order chi connectivity index (χ1) is 3.56. The second-order valence-corrected chi connectivity index (χ2v) is 2.49. The molecule has 47 valence electrons. The van der Waals surface area contributed by atoms with Crippen molar-refractivity contribution in [3.05, 3.63) is 6.92 Å². The molecule has 0 aromatic carbocycles. The van der Waals surface area contributed by atoms with Gasteiger partial charge in [-0.05, 0) is 27.7 Å². The van der Waals surface area contributed by atoms with Crippen LogP contribution in [0.15, 0.2) is 5.16 Å². The normalized spacial score (nSPS) is 12.5. The molecular formula is C6H12NO. The Morgan fingerprint density at radius 2 is 2.00 bits per heavy atom. The van der Waals surface area contributed by atoms with E-state index in [4.69, 9.17) is 4.84 Å². The molecule has 0 bridgehead atoms. The van der Waals surface area contributed by atoms with Crippen LogP contribution in [-0.2, 0) is 4.84 Å². The van der Waals surface area contributed by atoms with Crippen LogP contribution < -0.4 is 0 Å². The van der Waals surface area contributed by atoms with Crippen LogP contribution in [-0.4, -0.2) is 11.8 Å². The number of hydrogen-bond donors (Lipinski definition) is 0. The molecular weight excluding hydrogens is 102 g/mol. The maximum absolute atomic E-state index is 4.89. The van der Waals surface area contributed by atoms with Crippen LogP contribution in [0.3, 0.4) is 0 Å². The van der Waals surface area contributed by atoms with Gasteiger partial charge >= 0.3 is 0 Å². The molecule has 0 saturated heterocycles. The van der Waals surface area contributed by atoms with Gasteiger partial charge < -0.3 is 4.84 Å². The molecule has 8 heavy (non-hydrogen) atoms. The van der Waals surface area contributed by atoms with Crippen molar-refractivity contribution in [2.75, 3.05) is 0 Å². The summed E-state index contributed by atoms with van der Waals surface area (Å²) < 4.78 is 0. The number of nitrogens with zero attached hydrogens (tertiary/aromatic N) is 1. The van der Waals surface area contributed by atoms with Crippen molar-refractivity contribution in [1.82, 2.24) is 0 Å². The average molecular weight is 114 g/mol. The minimum Gasteiger partial charge on any atom is -0.390 e. The summed E-state index contributed by atoms with van der Waals surface area (Å²) in [5, 5.41) is 3.51. The zero-order valence-corrected chi connectivity index (χ0v) is 5.64. The molecule has 0 aliphatic rings. The van der Waals surface area contributed by atoms with Gasteiger partial charge in [0.25, 0.3) is 0 Å². The van der Waals surface area contributed by atoms with Gasteiger partial charge in [0.2, 0.25) is 0 Å². The lowest BCUT2D eigenvalue weighted by molar-refractivity contribution is 0.00202. The largest absolute Gasteiger partial charge is 0.390 e. The maximum Gasteiger partial charge on any atom is 0.129 e. The molecule has 2 nitrogen and oxygen atoms in total. The highest BCUT2D eigenvalue weighted by atomic mass is 16.6. The summed E-state index contributed by atoms with van der Waals surface area (Å²) in [5.41, 5.74) is -0.186. The van der Waals surface area contributed by atoms with Gasteiger partial charge in [-0.2, -0.15) is 0 Å². The highest BCUT2D eigenvalue weighted by molar-refractivity contribution is 5.60. The smallest absolute Gasteiger partial charge is 0.129 e. The Kier molecular flexibility index (Phi) is 2.52. The monoisotopic (exact) mass is 114 g/mol. The summed E-state index contributed by atoms with van der Waals surface area (Å²) >= 11 is 0. The first kappa shape index (κ1) is 7.47. The van der Waals surface area contributed by atoms with Crippen molar-refractivity contribution in [1.29, 1.82) is 0 Å². The van der Waals surface area contributed by atoms with E-state index in [1.165, 1.54) is 6.21 Å². The third-order valence-electron chi connectivity index (χ3n) is 0.401. The molecule has 0 N–H and O–H groups in total. The van der Waals surface area contributed by atoms with Crippen LogP contribution >= 0.6 is 0 Å². The van der Waals surface area contributed by atoms with E-state index in [-0.39, 0.29) is 5.60 Å². The van der Waals surface area contributed by atoms with E-state index in [1.54, 1.807) is 0 Å². The lowest BCUT2D eigenvalue weighted by atomic mass is 10.2. The fourth-order valence-corrected chi connectivity index (χ4v) is 0.195. The van der Waals surface area contributed by atoms with E-state index in [2.05, 4.69) is 12.1 Å². The zero-order valence-electron chi connectivity index (χ0n) is 5.64. The molecule has 0 rings (SSSR count). The third-order valence-corrected chi connectivity index (χ3v) is 0.401. The molecule has 0 saturated carbocycles. The SMILES string of the molecule is [CH2]C=NOC(C)(C)C. The Bertz CT molecular complexity index is 81.0. The zero-order chi connectivity index (χ0) is 6.62. The minimum atomic E-state index is -0.186. The Morgan fingerprint density at radius 3 is 2.12 bits per heavy atom. The van der Waals surface area contributed by atoms with Crippen LogP contribution in [0.1, 0.15) is 20.8 Å². The molecule has 1 radical (unpaired) electrons. The van der Waals surface area contributed by atoms with Crippen LogP contribution in [0.25, 0.3) is 0 Å². The highest BCUT2D eigenvalue weighted by Gasteiger charge is 2.08. The molecule has 0 aromatic heterocycles. The van der Waals surface area contributed by atoms with Gasteiger partial charge in [0.05, 0.1) is 0 Å². The predicted molar refractivity (Wildman–Crippen MR) is 34.7 cm³/mol. The lowest BCUT2D eigenvalue weighted by Gasteiger charge is -2.14. The van der Waals surface area contributed by atoms with Crippen LogP contribution in [0, 0.1) is 6.92 Å². The first-order valence-electron chi connectivity index (χ1n) is 2.55. The fourth-order valence-electron chi connectivity index (χ4n) is 0.195. The van der Waals surface area contributed by atoms with Gasteiger partial charge in [-0.1, -0.05) is 5.16 Å². The average Bonchev–Trinajstić information content (AvgIpc) is 1.59. The van der Waals surface area contributed by atoms with Gasteiger partial charge in [0.15, 0.2) is 0 Å². The van der Waals surface area contributed by atoms with Crippen LogP contribution in [0.2, 0.25) is 0 Å². The first-order valence-corrected chi connectivity index (χ1v) is 2.55. The Balaban J connectivity index is 3.39. The van der Waals surface area contributed by atoms with Crippen LogP contribution in [0.5, 0.6) is 0 Å². The van der Waals surface area contributed by atoms with E-state index in [0.29, 0.717) is 0 Å². The summed E-state index contributed by atoms with van der Waals surface area (Å²) in [4.78, 5) is 4.89. The standard InChI is InChI=1S/C6H12NO/c1-5-7-8-6(2,3)4/h5H,1H2,2-4H3. The van der Waals surface area contributed by atoms with E-state index in [1.807, 2.05) is 20.8 Å². The van der Waals surface area contributed by atoms with Crippen LogP contribution in [0.4, 0.5) is 0 Å². The Labute approximate surface area is 50.5 Å². The van der Waals surface area contributed by atoms with Gasteiger partial charge in [-0.3, -0.25) is 0 Å². The molecule has 0 aromatic rings. The topological polar surface area (TPSA) is 21.6 Å². The second-order valence-electron chi connectivity index (χ2n) is 2.49. The quantitative estimate of drug-likeness (QED) is 0.375. The lowest BCUT2D eigenvalue weighted by Crippen LogP contribution is -2.15. The maximum atomic E-state index is 4.89. The summed E-state index contributed by atoms with van der Waals surface area (Å²) in [6.45, 7) is 9.16. The molecule has 0 atom stereocenters. The Hall–Kier alpha value is -0.530. The predicted octanol–water partition coefficient (Wildman–Crippen LogP) is 1.62. The third kappa shape index (κ3) is 5.47. The number of hydrogen-bond acceptors (Lipinski definition) is 2. The van der Waals surface area contributed by atoms with Crippen molar-refractivity contribution in [3.8, 4) is 0 Å². The minimum absolute atomic E-state index is 0.186. The van der Waals surface area contributed by atoms with E-state index >= 15 is 0 Å². The molecule has 0 unspecified atom stereocenters. The van der Waals surface area contributed by atoms with Crippen molar-refractivity contribution < 1.29 is 4.84 Å². The molecule has 0 aliphatic carbocycles. The molecule has 0 fully saturated rings. The summed E-state index contributed by atoms with van der Waals surface area (Å²) in [5.74, 6) is 0. The van der Waals surface area contributed by atoms with E-state index in [9.17, 15) is 0 Å². The van der Waals surface area contributed by atoms with E-state index in [0.717, 1.165) is 0 Å². The molecule has 0 spiro atoms. The number of rotatable bonds is 1. The van der Waals surface area contributed by atoms with Crippen molar-refractivity contribution in [3.63, 3.8) is 0 Å².